The second kappa shape index (κ2) is 9.87. The molecule has 2 aromatic rings. The van der Waals surface area contributed by atoms with Crippen molar-refractivity contribution in [3.05, 3.63) is 59.0 Å². The number of rotatable bonds is 4. The van der Waals surface area contributed by atoms with Crippen LogP contribution in [0.1, 0.15) is 36.8 Å². The third-order valence-corrected chi connectivity index (χ3v) is 7.37. The molecule has 0 saturated carbocycles. The number of phenolic OH excluding ortho intramolecular Hbond substituents is 1. The summed E-state index contributed by atoms with van der Waals surface area (Å²) in [6.07, 6.45) is 3.16. The number of hydrogen-bond acceptors (Lipinski definition) is 6. The number of phenols is 1. The second-order valence-electron chi connectivity index (χ2n) is 9.90. The zero-order chi connectivity index (χ0) is 27.3. The number of fused-ring (bicyclic) bond motifs is 2. The van der Waals surface area contributed by atoms with Gasteiger partial charge in [0.05, 0.1) is 23.3 Å². The summed E-state index contributed by atoms with van der Waals surface area (Å²) < 4.78 is 21.2. The third-order valence-electron chi connectivity index (χ3n) is 7.02. The van der Waals surface area contributed by atoms with Gasteiger partial charge in [0.25, 0.3) is 5.91 Å². The number of pyridine rings is 1. The first-order valence-corrected chi connectivity index (χ1v) is 12.9. The fourth-order valence-electron chi connectivity index (χ4n) is 5.21. The molecule has 0 aliphatic carbocycles. The van der Waals surface area contributed by atoms with Gasteiger partial charge in [0.2, 0.25) is 5.91 Å². The van der Waals surface area contributed by atoms with E-state index in [9.17, 15) is 14.7 Å². The van der Waals surface area contributed by atoms with Gasteiger partial charge in [0, 0.05) is 30.9 Å². The molecule has 2 atom stereocenters. The number of amides is 2. The maximum atomic E-state index is 15.0. The molecule has 0 bridgehead atoms. The maximum absolute atomic E-state index is 15.0. The average Bonchev–Trinajstić information content (AvgIpc) is 3.22. The summed E-state index contributed by atoms with van der Waals surface area (Å²) in [7, 11) is 0. The highest BCUT2D eigenvalue weighted by Gasteiger charge is 2.41. The van der Waals surface area contributed by atoms with E-state index in [0.717, 1.165) is 5.71 Å². The van der Waals surface area contributed by atoms with Gasteiger partial charge in [-0.15, -0.1) is 0 Å². The molecule has 1 aromatic carbocycles. The number of allylic oxidation sites excluding steroid dienone is 1. The highest BCUT2D eigenvalue weighted by molar-refractivity contribution is 6.36. The summed E-state index contributed by atoms with van der Waals surface area (Å²) in [6, 6.07) is 3.34. The Morgan fingerprint density at radius 2 is 2.05 bits per heavy atom. The summed E-state index contributed by atoms with van der Waals surface area (Å²) in [4.78, 5) is 39.1. The van der Waals surface area contributed by atoms with E-state index < -0.39 is 11.9 Å². The molecule has 1 saturated heterocycles. The molecule has 0 radical (unpaired) electrons. The molecule has 198 valence electrons. The van der Waals surface area contributed by atoms with Crippen molar-refractivity contribution in [2.75, 3.05) is 26.2 Å². The number of piperazine rings is 1. The Morgan fingerprint density at radius 3 is 2.74 bits per heavy atom. The summed E-state index contributed by atoms with van der Waals surface area (Å²) in [5.74, 6) is -1.53. The zero-order valence-electron chi connectivity index (χ0n) is 21.4. The van der Waals surface area contributed by atoms with Crippen LogP contribution in [0.2, 0.25) is 5.02 Å². The van der Waals surface area contributed by atoms with Gasteiger partial charge in [-0.05, 0) is 37.1 Å². The standard InChI is InChI=1S/C28H28ClFN4O4/c1-5-20(36)33-9-10-34-16(12-33)13-38-27-22(28(34)37)25(17-11-15(4)31-24(17)14(2)3)32-26(23(27)29)21-18(30)7-6-8-19(21)35/h5-8,11,14-16,35H,1,9-10,12-13H2,2-4H3. The SMILES string of the molecule is C=CC(=O)N1CCN2C(=O)c3c(C4=CC(C)N=C4C(C)C)nc(-c4c(O)cccc4F)c(Cl)c3OCC2C1. The predicted octanol–water partition coefficient (Wildman–Crippen LogP) is 4.36. The zero-order valence-corrected chi connectivity index (χ0v) is 22.1. The number of aromatic nitrogens is 1. The molecule has 1 fully saturated rings. The lowest BCUT2D eigenvalue weighted by molar-refractivity contribution is -0.128. The van der Waals surface area contributed by atoms with Crippen LogP contribution in [-0.2, 0) is 4.79 Å². The number of aromatic hydroxyl groups is 1. The van der Waals surface area contributed by atoms with E-state index in [0.29, 0.717) is 18.7 Å². The van der Waals surface area contributed by atoms with Crippen LogP contribution < -0.4 is 4.74 Å². The number of aliphatic imine (C=N–C) groups is 1. The lowest BCUT2D eigenvalue weighted by atomic mass is 9.93. The Hall–Kier alpha value is -3.72. The van der Waals surface area contributed by atoms with Gasteiger partial charge in [-0.2, -0.15) is 0 Å². The average molecular weight is 539 g/mol. The minimum absolute atomic E-state index is 0.0210. The first-order chi connectivity index (χ1) is 18.1. The van der Waals surface area contributed by atoms with Crippen LogP contribution in [0.4, 0.5) is 4.39 Å². The Kier molecular flexibility index (Phi) is 6.73. The van der Waals surface area contributed by atoms with E-state index >= 15 is 4.39 Å². The first kappa shape index (κ1) is 25.9. The molecule has 4 heterocycles. The minimum atomic E-state index is -0.715. The van der Waals surface area contributed by atoms with Gasteiger partial charge in [0.15, 0.2) is 5.75 Å². The highest BCUT2D eigenvalue weighted by atomic mass is 35.5. The molecule has 8 nitrogen and oxygen atoms in total. The smallest absolute Gasteiger partial charge is 0.260 e. The Bertz CT molecular complexity index is 1400. The first-order valence-electron chi connectivity index (χ1n) is 12.5. The van der Waals surface area contributed by atoms with Crippen LogP contribution in [-0.4, -0.2) is 75.7 Å². The Labute approximate surface area is 225 Å². The monoisotopic (exact) mass is 538 g/mol. The van der Waals surface area contributed by atoms with Crippen molar-refractivity contribution in [1.29, 1.82) is 0 Å². The van der Waals surface area contributed by atoms with Gasteiger partial charge in [-0.3, -0.25) is 14.6 Å². The van der Waals surface area contributed by atoms with Crippen LogP contribution >= 0.6 is 11.6 Å². The van der Waals surface area contributed by atoms with Crippen molar-refractivity contribution in [2.45, 2.75) is 32.9 Å². The second-order valence-corrected chi connectivity index (χ2v) is 10.3. The lowest BCUT2D eigenvalue weighted by Gasteiger charge is -2.39. The number of benzene rings is 1. The van der Waals surface area contributed by atoms with Crippen molar-refractivity contribution in [1.82, 2.24) is 14.8 Å². The van der Waals surface area contributed by atoms with Gasteiger partial charge >= 0.3 is 0 Å². The van der Waals surface area contributed by atoms with Crippen molar-refractivity contribution in [3.8, 4) is 22.8 Å². The highest BCUT2D eigenvalue weighted by Crippen LogP contribution is 2.46. The van der Waals surface area contributed by atoms with Crippen molar-refractivity contribution >= 4 is 34.7 Å². The lowest BCUT2D eigenvalue weighted by Crippen LogP contribution is -2.57. The Balaban J connectivity index is 1.73. The van der Waals surface area contributed by atoms with Gasteiger partial charge in [-0.1, -0.05) is 38.1 Å². The summed E-state index contributed by atoms with van der Waals surface area (Å²) >= 11 is 6.78. The van der Waals surface area contributed by atoms with E-state index in [4.69, 9.17) is 26.3 Å². The molecular weight excluding hydrogens is 511 g/mol. The summed E-state index contributed by atoms with van der Waals surface area (Å²) in [5.41, 5.74) is 1.62. The topological polar surface area (TPSA) is 95.3 Å². The minimum Gasteiger partial charge on any atom is -0.507 e. The summed E-state index contributed by atoms with van der Waals surface area (Å²) in [5, 5.41) is 10.5. The number of carbonyl (C=O) groups excluding carboxylic acids is 2. The van der Waals surface area contributed by atoms with Crippen LogP contribution in [0.5, 0.6) is 11.5 Å². The molecule has 1 aromatic heterocycles. The van der Waals surface area contributed by atoms with Crippen molar-refractivity contribution < 1.29 is 23.8 Å². The molecule has 2 amide bonds. The van der Waals surface area contributed by atoms with Crippen LogP contribution in [0.15, 0.2) is 41.9 Å². The molecule has 10 heteroatoms. The third kappa shape index (κ3) is 4.24. The quantitative estimate of drug-likeness (QED) is 0.584. The van der Waals surface area contributed by atoms with Crippen molar-refractivity contribution in [3.63, 3.8) is 0 Å². The van der Waals surface area contributed by atoms with E-state index in [2.05, 4.69) is 6.58 Å². The largest absolute Gasteiger partial charge is 0.507 e. The van der Waals surface area contributed by atoms with Gasteiger partial charge < -0.3 is 19.6 Å². The molecule has 38 heavy (non-hydrogen) atoms. The van der Waals surface area contributed by atoms with Gasteiger partial charge in [-0.25, -0.2) is 9.37 Å². The molecule has 0 spiro atoms. The Morgan fingerprint density at radius 1 is 1.29 bits per heavy atom. The number of carbonyl (C=O) groups is 2. The predicted molar refractivity (Wildman–Crippen MR) is 143 cm³/mol. The molecule has 5 rings (SSSR count). The molecule has 2 unspecified atom stereocenters. The van der Waals surface area contributed by atoms with Crippen LogP contribution in [0.3, 0.4) is 0 Å². The number of nitrogens with zero attached hydrogens (tertiary/aromatic N) is 4. The normalized spacial score (nSPS) is 20.8. The molecular formula is C28H28ClFN4O4. The maximum Gasteiger partial charge on any atom is 0.260 e. The molecule has 3 aliphatic rings. The number of ether oxygens (including phenoxy) is 1. The molecule has 3 aliphatic heterocycles. The van der Waals surface area contributed by atoms with E-state index in [1.54, 1.807) is 9.80 Å². The number of hydrogen-bond donors (Lipinski definition) is 1. The number of halogens is 2. The van der Waals surface area contributed by atoms with E-state index in [-0.39, 0.29) is 76.0 Å². The molecule has 1 N–H and O–H groups in total. The van der Waals surface area contributed by atoms with Gasteiger partial charge in [0.1, 0.15) is 34.5 Å². The van der Waals surface area contributed by atoms with Crippen molar-refractivity contribution in [2.24, 2.45) is 10.9 Å². The van der Waals surface area contributed by atoms with E-state index in [1.165, 1.54) is 24.3 Å². The fourth-order valence-corrected chi connectivity index (χ4v) is 5.50. The van der Waals surface area contributed by atoms with E-state index in [1.807, 2.05) is 26.8 Å². The van der Waals surface area contributed by atoms with Crippen LogP contribution in [0.25, 0.3) is 16.8 Å². The fraction of sp³-hybridized carbons (Fsp3) is 0.357. The summed E-state index contributed by atoms with van der Waals surface area (Å²) in [6.45, 7) is 10.4. The van der Waals surface area contributed by atoms with Crippen LogP contribution in [0, 0.1) is 11.7 Å².